The summed E-state index contributed by atoms with van der Waals surface area (Å²) in [6, 6.07) is 11.1. The molecule has 0 fully saturated rings. The quantitative estimate of drug-likeness (QED) is 0.750. The van der Waals surface area contributed by atoms with Crippen molar-refractivity contribution in [1.82, 2.24) is 4.98 Å². The van der Waals surface area contributed by atoms with Gasteiger partial charge in [0.1, 0.15) is 0 Å². The topological polar surface area (TPSA) is 76.1 Å². The normalized spacial score (nSPS) is 11.4. The third-order valence-electron chi connectivity index (χ3n) is 3.87. The molecule has 0 aliphatic carbocycles. The highest BCUT2D eigenvalue weighted by molar-refractivity contribution is 7.91. The Kier molecular flexibility index (Phi) is 4.74. The number of hydrogen-bond donors (Lipinski definition) is 1. The third kappa shape index (κ3) is 3.50. The van der Waals surface area contributed by atoms with E-state index in [1.165, 1.54) is 24.3 Å². The zero-order valence-corrected chi connectivity index (χ0v) is 14.9. The van der Waals surface area contributed by atoms with E-state index < -0.39 is 9.84 Å². The molecule has 0 unspecified atom stereocenters. The largest absolute Gasteiger partial charge is 0.321 e. The number of rotatable bonds is 4. The van der Waals surface area contributed by atoms with Gasteiger partial charge in [-0.1, -0.05) is 18.5 Å². The summed E-state index contributed by atoms with van der Waals surface area (Å²) >= 11 is 6.16. The van der Waals surface area contributed by atoms with Gasteiger partial charge in [-0.2, -0.15) is 0 Å². The van der Waals surface area contributed by atoms with Crippen LogP contribution in [0.25, 0.3) is 10.8 Å². The number of anilines is 1. The molecule has 3 aromatic rings. The first-order chi connectivity index (χ1) is 11.9. The van der Waals surface area contributed by atoms with Crippen molar-refractivity contribution in [3.05, 3.63) is 65.4 Å². The number of nitrogens with zero attached hydrogens (tertiary/aromatic N) is 1. The van der Waals surface area contributed by atoms with Crippen LogP contribution in [0.4, 0.5) is 5.69 Å². The molecule has 7 heteroatoms. The van der Waals surface area contributed by atoms with Gasteiger partial charge in [-0.15, -0.1) is 0 Å². The average molecular weight is 375 g/mol. The second-order valence-electron chi connectivity index (χ2n) is 5.40. The van der Waals surface area contributed by atoms with Crippen LogP contribution in [0.1, 0.15) is 17.3 Å². The van der Waals surface area contributed by atoms with Crippen LogP contribution >= 0.6 is 11.6 Å². The SMILES string of the molecule is CCS(=O)(=O)c1ccc(C(=O)Nc2ccc(Cl)c3ccncc23)cc1. The van der Waals surface area contributed by atoms with Crippen molar-refractivity contribution < 1.29 is 13.2 Å². The molecule has 0 aliphatic rings. The van der Waals surface area contributed by atoms with E-state index >= 15 is 0 Å². The zero-order valence-electron chi connectivity index (χ0n) is 13.4. The highest BCUT2D eigenvalue weighted by Gasteiger charge is 2.14. The molecule has 1 N–H and O–H groups in total. The van der Waals surface area contributed by atoms with Gasteiger partial charge < -0.3 is 5.32 Å². The Balaban J connectivity index is 1.90. The van der Waals surface area contributed by atoms with Gasteiger partial charge in [0.05, 0.1) is 16.3 Å². The number of aromatic nitrogens is 1. The molecule has 25 heavy (non-hydrogen) atoms. The third-order valence-corrected chi connectivity index (χ3v) is 5.95. The molecule has 0 atom stereocenters. The fourth-order valence-electron chi connectivity index (χ4n) is 2.44. The summed E-state index contributed by atoms with van der Waals surface area (Å²) in [7, 11) is -3.29. The Labute approximate surface area is 150 Å². The molecule has 0 spiro atoms. The van der Waals surface area contributed by atoms with Gasteiger partial charge in [0.2, 0.25) is 0 Å². The number of sulfone groups is 1. The van der Waals surface area contributed by atoms with Crippen LogP contribution < -0.4 is 5.32 Å². The lowest BCUT2D eigenvalue weighted by molar-refractivity contribution is 0.102. The van der Waals surface area contributed by atoms with E-state index in [0.717, 1.165) is 10.8 Å². The molecule has 1 heterocycles. The number of nitrogens with one attached hydrogen (secondary N) is 1. The van der Waals surface area contributed by atoms with E-state index in [0.29, 0.717) is 16.3 Å². The Morgan fingerprint density at radius 3 is 2.48 bits per heavy atom. The standard InChI is InChI=1S/C18H15ClN2O3S/c1-2-25(23,24)13-5-3-12(4-6-13)18(22)21-17-8-7-16(19)14-9-10-20-11-15(14)17/h3-11H,2H2,1H3,(H,21,22). The van der Waals surface area contributed by atoms with Crippen molar-refractivity contribution in [2.45, 2.75) is 11.8 Å². The predicted octanol–water partition coefficient (Wildman–Crippen LogP) is 3.93. The lowest BCUT2D eigenvalue weighted by Crippen LogP contribution is -2.12. The molecule has 0 radical (unpaired) electrons. The summed E-state index contributed by atoms with van der Waals surface area (Å²) in [5.41, 5.74) is 0.949. The van der Waals surface area contributed by atoms with Crippen LogP contribution in [0.2, 0.25) is 5.02 Å². The monoisotopic (exact) mass is 374 g/mol. The van der Waals surface area contributed by atoms with Gasteiger partial charge in [-0.3, -0.25) is 9.78 Å². The first-order valence-corrected chi connectivity index (χ1v) is 9.62. The number of fused-ring (bicyclic) bond motifs is 1. The lowest BCUT2D eigenvalue weighted by Gasteiger charge is -2.10. The maximum absolute atomic E-state index is 12.5. The first-order valence-electron chi connectivity index (χ1n) is 7.59. The molecule has 0 saturated carbocycles. The molecule has 1 aromatic heterocycles. The maximum Gasteiger partial charge on any atom is 0.255 e. The summed E-state index contributed by atoms with van der Waals surface area (Å²) in [6.45, 7) is 1.58. The van der Waals surface area contributed by atoms with E-state index in [9.17, 15) is 13.2 Å². The minimum atomic E-state index is -3.29. The summed E-state index contributed by atoms with van der Waals surface area (Å²) in [5, 5.41) is 4.91. The second kappa shape index (κ2) is 6.82. The minimum absolute atomic E-state index is 0.0162. The maximum atomic E-state index is 12.5. The number of pyridine rings is 1. The minimum Gasteiger partial charge on any atom is -0.321 e. The van der Waals surface area contributed by atoms with Crippen molar-refractivity contribution >= 4 is 43.8 Å². The first kappa shape index (κ1) is 17.4. The van der Waals surface area contributed by atoms with Gasteiger partial charge in [-0.25, -0.2) is 8.42 Å². The fraction of sp³-hybridized carbons (Fsp3) is 0.111. The summed E-state index contributed by atoms with van der Waals surface area (Å²) in [4.78, 5) is 16.7. The number of benzene rings is 2. The van der Waals surface area contributed by atoms with Crippen LogP contribution in [0.5, 0.6) is 0 Å². The van der Waals surface area contributed by atoms with Crippen molar-refractivity contribution in [1.29, 1.82) is 0 Å². The summed E-state index contributed by atoms with van der Waals surface area (Å²) in [5.74, 6) is -0.324. The summed E-state index contributed by atoms with van der Waals surface area (Å²) < 4.78 is 23.7. The Bertz CT molecular complexity index is 1050. The van der Waals surface area contributed by atoms with Crippen LogP contribution in [0.15, 0.2) is 59.8 Å². The number of halogens is 1. The molecule has 128 valence electrons. The Morgan fingerprint density at radius 1 is 1.08 bits per heavy atom. The van der Waals surface area contributed by atoms with E-state index in [-0.39, 0.29) is 16.6 Å². The molecule has 3 rings (SSSR count). The highest BCUT2D eigenvalue weighted by Crippen LogP contribution is 2.29. The van der Waals surface area contributed by atoms with Gasteiger partial charge in [0, 0.05) is 33.8 Å². The van der Waals surface area contributed by atoms with E-state index in [2.05, 4.69) is 10.3 Å². The van der Waals surface area contributed by atoms with E-state index in [1.54, 1.807) is 37.5 Å². The zero-order chi connectivity index (χ0) is 18.0. The number of carbonyl (C=O) groups is 1. The molecular weight excluding hydrogens is 360 g/mol. The Hall–Kier alpha value is -2.44. The van der Waals surface area contributed by atoms with Crippen molar-refractivity contribution in [3.63, 3.8) is 0 Å². The number of hydrogen-bond acceptors (Lipinski definition) is 4. The Morgan fingerprint density at radius 2 is 1.80 bits per heavy atom. The molecule has 0 aliphatic heterocycles. The van der Waals surface area contributed by atoms with E-state index in [1.807, 2.05) is 0 Å². The van der Waals surface area contributed by atoms with Crippen molar-refractivity contribution in [3.8, 4) is 0 Å². The molecule has 0 bridgehead atoms. The van der Waals surface area contributed by atoms with Crippen LogP contribution in [0, 0.1) is 0 Å². The molecule has 0 saturated heterocycles. The molecular formula is C18H15ClN2O3S. The van der Waals surface area contributed by atoms with Crippen LogP contribution in [0.3, 0.4) is 0 Å². The highest BCUT2D eigenvalue weighted by atomic mass is 35.5. The van der Waals surface area contributed by atoms with Crippen molar-refractivity contribution in [2.75, 3.05) is 11.1 Å². The molecule has 5 nitrogen and oxygen atoms in total. The average Bonchev–Trinajstić information content (AvgIpc) is 2.64. The van der Waals surface area contributed by atoms with Crippen LogP contribution in [-0.4, -0.2) is 25.1 Å². The number of carbonyl (C=O) groups excluding carboxylic acids is 1. The molecule has 1 amide bonds. The van der Waals surface area contributed by atoms with Gasteiger partial charge >= 0.3 is 0 Å². The van der Waals surface area contributed by atoms with Crippen LogP contribution in [-0.2, 0) is 9.84 Å². The van der Waals surface area contributed by atoms with E-state index in [4.69, 9.17) is 11.6 Å². The lowest BCUT2D eigenvalue weighted by atomic mass is 10.1. The predicted molar refractivity (Wildman–Crippen MR) is 98.9 cm³/mol. The smallest absolute Gasteiger partial charge is 0.255 e. The second-order valence-corrected chi connectivity index (χ2v) is 8.08. The van der Waals surface area contributed by atoms with Crippen molar-refractivity contribution in [2.24, 2.45) is 0 Å². The number of amides is 1. The molecule has 2 aromatic carbocycles. The fourth-order valence-corrected chi connectivity index (χ4v) is 3.55. The summed E-state index contributed by atoms with van der Waals surface area (Å²) in [6.07, 6.45) is 3.26. The van der Waals surface area contributed by atoms with Gasteiger partial charge in [0.25, 0.3) is 5.91 Å². The van der Waals surface area contributed by atoms with Gasteiger partial charge in [0.15, 0.2) is 9.84 Å². The van der Waals surface area contributed by atoms with Gasteiger partial charge in [-0.05, 0) is 42.5 Å².